The van der Waals surface area contributed by atoms with E-state index in [9.17, 15) is 24.2 Å². The molecule has 90 heavy (non-hydrogen) atoms. The molecule has 0 radical (unpaired) electrons. The topological polar surface area (TPSA) is 295 Å². The second-order valence-electron chi connectivity index (χ2n) is 21.6. The monoisotopic (exact) mass is 1350 g/mol. The zero-order valence-corrected chi connectivity index (χ0v) is 57.1. The average molecular weight is 1350 g/mol. The maximum absolute atomic E-state index is 16.7. The molecule has 6 heterocycles. The van der Waals surface area contributed by atoms with E-state index >= 15 is 4.39 Å². The van der Waals surface area contributed by atoms with Crippen LogP contribution in [0.3, 0.4) is 0 Å². The molecule has 0 spiro atoms. The van der Waals surface area contributed by atoms with E-state index in [2.05, 4.69) is 144 Å². The SMILES string of the molecule is CC(C)N(C(C)C)P(Cl)OCCC#N.CC[Si](CC)(CC)O[C@H]1[C@@H](F)[C@H](n2cnc3c(NC(=O)c4ccccc4)ncnc32)O[C@@H]1COP(OCCC#N)N(C(C)C)C(C)C.CCl.O=C(Nc1ncnc2c1ncn2[C@@H]1O[C@H](CO)[C@@H](O)[C@H]1F)c1ccccc1. The van der Waals surface area contributed by atoms with Crippen LogP contribution < -0.4 is 10.6 Å². The molecule has 31 heteroatoms. The highest BCUT2D eigenvalue weighted by Gasteiger charge is 2.51. The van der Waals surface area contributed by atoms with E-state index in [0.717, 1.165) is 18.1 Å². The number of hydrogen-bond donors (Lipinski definition) is 4. The highest BCUT2D eigenvalue weighted by atomic mass is 35.7. The Morgan fingerprint density at radius 1 is 0.678 bits per heavy atom. The number of aliphatic hydroxyl groups excluding tert-OH is 2. The summed E-state index contributed by atoms with van der Waals surface area (Å²) in [4.78, 5) is 50.6. The van der Waals surface area contributed by atoms with Crippen LogP contribution in [0.2, 0.25) is 18.1 Å². The normalized spacial score (nSPS) is 20.5. The van der Waals surface area contributed by atoms with Gasteiger partial charge in [0.15, 0.2) is 67.1 Å². The Balaban J connectivity index is 0.000000285. The molecular weight excluding hydrogens is 1260 g/mol. The minimum absolute atomic E-state index is 0.0252. The lowest BCUT2D eigenvalue weighted by atomic mass is 10.1. The summed E-state index contributed by atoms with van der Waals surface area (Å²) in [5.41, 5.74) is 2.01. The standard InChI is InChI=1S/C32H47FN7O5PSi.C17H16FN5O4.C9H18ClN2OP.CH3Cl/c1-8-47(9-2,10-3)45-28-25(19-43-46(42-18-14-17-34)40(22(4)5)23(6)7)44-32(26(28)33)39-21-37-27-29(35-20-36-30(27)39)38-31(41)24-15-12-11-13-16-24;18-11-13(25)10(6-24)27-17(11)23-8-21-12-14(19-7-20-15(12)23)22-16(26)9-4-2-1-3-5-9;1-8(2)12(9(3)4)14(10)13-7-5-6-11;1-2/h11-13,15-16,20-23,25-26,28,32H,8-10,14,18-19H2,1-7H3,(H,35,36,38,41);1-5,7-8,10-11,13,17,24-25H,6H2,(H,19,20,22,26);8-9H,5,7H2,1-4H3;1H3/t25-,26-,28-,32-,46?;10-,11-,13-,17-;;/m11../s1. The summed E-state index contributed by atoms with van der Waals surface area (Å²) in [6.07, 6.45) is -2.43. The van der Waals surface area contributed by atoms with Gasteiger partial charge in [0.1, 0.15) is 37.1 Å². The average Bonchev–Trinajstić information content (AvgIpc) is 2.10. The fourth-order valence-corrected chi connectivity index (χ4v) is 16.8. The van der Waals surface area contributed by atoms with Gasteiger partial charge in [-0.2, -0.15) is 10.5 Å². The highest BCUT2D eigenvalue weighted by molar-refractivity contribution is 7.78. The van der Waals surface area contributed by atoms with Gasteiger partial charge >= 0.3 is 0 Å². The van der Waals surface area contributed by atoms with Crippen LogP contribution in [0.25, 0.3) is 22.3 Å². The van der Waals surface area contributed by atoms with Gasteiger partial charge in [-0.15, -0.1) is 11.6 Å². The Bertz CT molecular complexity index is 3210. The van der Waals surface area contributed by atoms with Gasteiger partial charge in [-0.05, 0) is 109 Å². The molecule has 4 aromatic heterocycles. The summed E-state index contributed by atoms with van der Waals surface area (Å²) in [5, 5.41) is 41.9. The van der Waals surface area contributed by atoms with E-state index in [1.165, 1.54) is 40.8 Å². The van der Waals surface area contributed by atoms with Gasteiger partial charge in [-0.3, -0.25) is 18.7 Å². The fraction of sp³-hybridized carbons (Fsp3) is 0.559. The molecule has 2 aliphatic rings. The minimum atomic E-state index is -2.28. The van der Waals surface area contributed by atoms with Crippen LogP contribution in [0, 0.1) is 22.7 Å². The third-order valence-electron chi connectivity index (χ3n) is 14.5. The van der Waals surface area contributed by atoms with Crippen LogP contribution in [0.15, 0.2) is 86.0 Å². The molecule has 2 amide bonds. The van der Waals surface area contributed by atoms with E-state index in [1.54, 1.807) is 54.6 Å². The number of ether oxygens (including phenoxy) is 2. The first-order chi connectivity index (χ1) is 43.2. The first-order valence-electron chi connectivity index (χ1n) is 29.7. The molecule has 492 valence electrons. The summed E-state index contributed by atoms with van der Waals surface area (Å²) in [6.45, 7) is 23.0. The number of aliphatic hydroxyl groups is 2. The number of nitrogens with one attached hydrogen (secondary N) is 2. The number of halogens is 4. The van der Waals surface area contributed by atoms with Crippen LogP contribution in [0.4, 0.5) is 20.4 Å². The molecule has 2 aliphatic heterocycles. The molecule has 6 aromatic rings. The van der Waals surface area contributed by atoms with E-state index in [1.807, 2.05) is 12.1 Å². The van der Waals surface area contributed by atoms with Crippen molar-refractivity contribution in [1.29, 1.82) is 10.5 Å². The van der Waals surface area contributed by atoms with Crippen LogP contribution in [-0.4, -0.2) is 172 Å². The number of fused-ring (bicyclic) bond motifs is 2. The number of nitriles is 2. The third-order valence-corrected chi connectivity index (χ3v) is 23.7. The van der Waals surface area contributed by atoms with Crippen molar-refractivity contribution in [2.75, 3.05) is 43.4 Å². The number of carbonyl (C=O) groups excluding carboxylic acids is 2. The number of hydrogen-bond acceptors (Lipinski definition) is 20. The van der Waals surface area contributed by atoms with E-state index in [-0.39, 0.29) is 66.3 Å². The maximum atomic E-state index is 16.7. The van der Waals surface area contributed by atoms with Gasteiger partial charge in [-0.1, -0.05) is 57.2 Å². The van der Waals surface area contributed by atoms with Crippen molar-refractivity contribution < 1.29 is 56.1 Å². The van der Waals surface area contributed by atoms with Crippen molar-refractivity contribution in [3.63, 3.8) is 0 Å². The molecular formula is C59H84Cl2F2N14O10P2Si. The van der Waals surface area contributed by atoms with Gasteiger partial charge in [0.05, 0.1) is 64.1 Å². The van der Waals surface area contributed by atoms with Crippen LogP contribution in [-0.2, 0) is 27.5 Å². The molecule has 2 saturated heterocycles. The number of rotatable bonds is 27. The first kappa shape index (κ1) is 75.3. The molecule has 0 bridgehead atoms. The summed E-state index contributed by atoms with van der Waals surface area (Å²) in [6, 6.07) is 24.9. The number of alkyl halides is 3. The summed E-state index contributed by atoms with van der Waals surface area (Å²) < 4.78 is 74.7. The molecule has 8 rings (SSSR count). The molecule has 2 aromatic carbocycles. The Morgan fingerprint density at radius 2 is 1.11 bits per heavy atom. The maximum Gasteiger partial charge on any atom is 0.259 e. The van der Waals surface area contributed by atoms with Crippen molar-refractivity contribution in [2.24, 2.45) is 0 Å². The van der Waals surface area contributed by atoms with E-state index in [0.29, 0.717) is 47.4 Å². The minimum Gasteiger partial charge on any atom is -0.408 e. The lowest BCUT2D eigenvalue weighted by molar-refractivity contribution is -0.0459. The molecule has 10 atom stereocenters. The van der Waals surface area contributed by atoms with Gasteiger partial charge in [0, 0.05) is 41.7 Å². The lowest BCUT2D eigenvalue weighted by Gasteiger charge is -2.37. The van der Waals surface area contributed by atoms with E-state index < -0.39 is 80.3 Å². The second kappa shape index (κ2) is 37.3. The van der Waals surface area contributed by atoms with Crippen molar-refractivity contribution >= 4 is 93.1 Å². The van der Waals surface area contributed by atoms with Crippen LogP contribution in [0.5, 0.6) is 0 Å². The van der Waals surface area contributed by atoms with Gasteiger partial charge in [0.2, 0.25) is 7.65 Å². The number of anilines is 2. The fourth-order valence-electron chi connectivity index (χ4n) is 10.0. The number of amides is 2. The molecule has 2 fully saturated rings. The Labute approximate surface area is 538 Å². The predicted octanol–water partition coefficient (Wildman–Crippen LogP) is 12.0. The zero-order chi connectivity index (χ0) is 66.2. The van der Waals surface area contributed by atoms with Crippen LogP contribution in [0.1, 0.15) is 122 Å². The quantitative estimate of drug-likeness (QED) is 0.0161. The van der Waals surface area contributed by atoms with Gasteiger partial charge in [-0.25, -0.2) is 48.0 Å². The van der Waals surface area contributed by atoms with Crippen molar-refractivity contribution in [3.05, 3.63) is 97.1 Å². The number of aromatic nitrogens is 8. The first-order valence-corrected chi connectivity index (χ1v) is 36.2. The number of carbonyl (C=O) groups is 2. The number of nitrogens with zero attached hydrogens (tertiary/aromatic N) is 12. The second-order valence-corrected chi connectivity index (χ2v) is 29.8. The Hall–Kier alpha value is -5.42. The highest BCUT2D eigenvalue weighted by Crippen LogP contribution is 2.50. The Kier molecular flexibility index (Phi) is 31.2. The van der Waals surface area contributed by atoms with Crippen molar-refractivity contribution in [3.8, 4) is 12.1 Å². The number of benzene rings is 2. The summed E-state index contributed by atoms with van der Waals surface area (Å²) >= 11 is 10.8. The van der Waals surface area contributed by atoms with E-state index in [4.69, 9.17) is 49.2 Å². The van der Waals surface area contributed by atoms with Gasteiger partial charge < -0.3 is 48.3 Å². The predicted molar refractivity (Wildman–Crippen MR) is 346 cm³/mol. The molecule has 24 nitrogen and oxygen atoms in total. The smallest absolute Gasteiger partial charge is 0.259 e. The summed E-state index contributed by atoms with van der Waals surface area (Å²) in [5.74, 6) is -0.348. The Morgan fingerprint density at radius 3 is 1.52 bits per heavy atom. The van der Waals surface area contributed by atoms with Crippen LogP contribution >= 0.6 is 39.0 Å². The zero-order valence-electron chi connectivity index (χ0n) is 52.8. The van der Waals surface area contributed by atoms with Crippen molar-refractivity contribution in [1.82, 2.24) is 48.4 Å². The molecule has 0 saturated carbocycles. The molecule has 0 aliphatic carbocycles. The number of imidazole rings is 2. The summed E-state index contributed by atoms with van der Waals surface area (Å²) in [7, 11) is -4.93. The largest absolute Gasteiger partial charge is 0.408 e. The molecule has 2 unspecified atom stereocenters. The lowest BCUT2D eigenvalue weighted by Crippen LogP contribution is -2.46. The molecule has 4 N–H and O–H groups in total. The third kappa shape index (κ3) is 19.6. The van der Waals surface area contributed by atoms with Crippen molar-refractivity contribution in [2.45, 2.75) is 181 Å². The van der Waals surface area contributed by atoms with Gasteiger partial charge in [0.25, 0.3) is 20.3 Å².